The maximum atomic E-state index is 13.1. The van der Waals surface area contributed by atoms with Crippen molar-refractivity contribution >= 4 is 57.6 Å². The van der Waals surface area contributed by atoms with Crippen LogP contribution in [0.5, 0.6) is 5.75 Å². The van der Waals surface area contributed by atoms with Gasteiger partial charge in [0.25, 0.3) is 5.91 Å². The standard InChI is InChI=1S/C20H19Cl2N7O3/c1-2-14(30)28-5-3-4-11(8-28)29-19-15(18(23)24-9-25-19)16(27-29)20(32)26-10-6-12(21)17(31)13(22)7-10/h2,6-7,9,11,31H,1,3-5,8H2,(H,26,32)(H2,23,24,25)/t11-/m1/s1. The third-order valence-electron chi connectivity index (χ3n) is 5.24. The van der Waals surface area contributed by atoms with Gasteiger partial charge in [0.15, 0.2) is 17.1 Å². The summed E-state index contributed by atoms with van der Waals surface area (Å²) in [6.45, 7) is 4.56. The van der Waals surface area contributed by atoms with Crippen LogP contribution >= 0.6 is 23.2 Å². The van der Waals surface area contributed by atoms with E-state index < -0.39 is 5.91 Å². The number of hydrogen-bond acceptors (Lipinski definition) is 7. The molecule has 166 valence electrons. The number of carbonyl (C=O) groups excluding carboxylic acids is 2. The number of rotatable bonds is 4. The van der Waals surface area contributed by atoms with Crippen LogP contribution < -0.4 is 11.1 Å². The molecule has 1 aromatic carbocycles. The summed E-state index contributed by atoms with van der Waals surface area (Å²) >= 11 is 11.9. The molecule has 12 heteroatoms. The van der Waals surface area contributed by atoms with Gasteiger partial charge in [0.2, 0.25) is 5.91 Å². The molecule has 32 heavy (non-hydrogen) atoms. The Morgan fingerprint density at radius 3 is 2.69 bits per heavy atom. The monoisotopic (exact) mass is 475 g/mol. The Balaban J connectivity index is 1.72. The second kappa shape index (κ2) is 8.64. The molecule has 1 fully saturated rings. The number of hydrogen-bond donors (Lipinski definition) is 3. The van der Waals surface area contributed by atoms with Crippen molar-refractivity contribution in [3.8, 4) is 5.75 Å². The molecule has 0 aliphatic carbocycles. The Morgan fingerprint density at radius 2 is 2.00 bits per heavy atom. The van der Waals surface area contributed by atoms with E-state index in [1.807, 2.05) is 0 Å². The van der Waals surface area contributed by atoms with Crippen molar-refractivity contribution in [1.82, 2.24) is 24.6 Å². The van der Waals surface area contributed by atoms with E-state index >= 15 is 0 Å². The van der Waals surface area contributed by atoms with E-state index in [0.717, 1.165) is 12.8 Å². The summed E-state index contributed by atoms with van der Waals surface area (Å²) in [7, 11) is 0. The predicted octanol–water partition coefficient (Wildman–Crippen LogP) is 3.02. The highest BCUT2D eigenvalue weighted by Crippen LogP contribution is 2.35. The van der Waals surface area contributed by atoms with Crippen LogP contribution in [0, 0.1) is 0 Å². The molecule has 1 saturated heterocycles. The molecule has 1 aliphatic heterocycles. The number of nitrogens with zero attached hydrogens (tertiary/aromatic N) is 5. The highest BCUT2D eigenvalue weighted by Gasteiger charge is 2.29. The minimum absolute atomic E-state index is 0.0137. The zero-order valence-corrected chi connectivity index (χ0v) is 18.3. The molecule has 0 saturated carbocycles. The normalized spacial score (nSPS) is 16.2. The molecule has 1 atom stereocenters. The smallest absolute Gasteiger partial charge is 0.277 e. The van der Waals surface area contributed by atoms with Crippen molar-refractivity contribution in [2.45, 2.75) is 18.9 Å². The molecule has 1 aliphatic rings. The molecule has 0 bridgehead atoms. The first-order valence-corrected chi connectivity index (χ1v) is 10.4. The first kappa shape index (κ1) is 21.8. The summed E-state index contributed by atoms with van der Waals surface area (Å²) in [6.07, 6.45) is 4.08. The van der Waals surface area contributed by atoms with Crippen LogP contribution in [-0.4, -0.2) is 54.7 Å². The van der Waals surface area contributed by atoms with E-state index in [0.29, 0.717) is 24.1 Å². The average Bonchev–Trinajstić information content (AvgIpc) is 3.18. The van der Waals surface area contributed by atoms with E-state index in [1.165, 1.54) is 24.5 Å². The minimum atomic E-state index is -0.581. The van der Waals surface area contributed by atoms with Crippen molar-refractivity contribution in [1.29, 1.82) is 0 Å². The molecule has 4 N–H and O–H groups in total. The molecule has 2 aromatic heterocycles. The van der Waals surface area contributed by atoms with Crippen molar-refractivity contribution in [3.63, 3.8) is 0 Å². The van der Waals surface area contributed by atoms with Crippen LogP contribution in [0.4, 0.5) is 11.5 Å². The Hall–Kier alpha value is -3.37. The van der Waals surface area contributed by atoms with Gasteiger partial charge >= 0.3 is 0 Å². The number of carbonyl (C=O) groups is 2. The molecule has 0 radical (unpaired) electrons. The third kappa shape index (κ3) is 3.94. The summed E-state index contributed by atoms with van der Waals surface area (Å²) in [6, 6.07) is 2.52. The zero-order chi connectivity index (χ0) is 23.0. The number of piperidine rings is 1. The van der Waals surface area contributed by atoms with Gasteiger partial charge in [-0.3, -0.25) is 9.59 Å². The maximum absolute atomic E-state index is 13.1. The highest BCUT2D eigenvalue weighted by molar-refractivity contribution is 6.37. The van der Waals surface area contributed by atoms with Crippen LogP contribution in [0.3, 0.4) is 0 Å². The lowest BCUT2D eigenvalue weighted by Gasteiger charge is -2.32. The Morgan fingerprint density at radius 1 is 1.28 bits per heavy atom. The van der Waals surface area contributed by atoms with Crippen LogP contribution in [-0.2, 0) is 4.79 Å². The fourth-order valence-electron chi connectivity index (χ4n) is 3.72. The van der Waals surface area contributed by atoms with Gasteiger partial charge in [-0.15, -0.1) is 0 Å². The highest BCUT2D eigenvalue weighted by atomic mass is 35.5. The predicted molar refractivity (Wildman–Crippen MR) is 121 cm³/mol. The van der Waals surface area contributed by atoms with Crippen LogP contribution in [0.2, 0.25) is 10.0 Å². The SMILES string of the molecule is C=CC(=O)N1CCC[C@@H](n2nc(C(=O)Nc3cc(Cl)c(O)c(Cl)c3)c3c(N)ncnc32)C1. The topological polar surface area (TPSA) is 139 Å². The number of aromatic nitrogens is 4. The van der Waals surface area contributed by atoms with Gasteiger partial charge < -0.3 is 21.1 Å². The number of amides is 2. The number of fused-ring (bicyclic) bond motifs is 1. The zero-order valence-electron chi connectivity index (χ0n) is 16.8. The molecule has 2 amide bonds. The third-order valence-corrected chi connectivity index (χ3v) is 5.81. The first-order valence-electron chi connectivity index (χ1n) is 9.69. The number of anilines is 2. The number of aromatic hydroxyl groups is 1. The van der Waals surface area contributed by atoms with Crippen molar-refractivity contribution in [3.05, 3.63) is 46.9 Å². The molecular formula is C20H19Cl2N7O3. The number of phenolic OH excluding ortho intramolecular Hbond substituents is 1. The number of likely N-dealkylation sites (tertiary alicyclic amines) is 1. The van der Waals surface area contributed by atoms with E-state index in [2.05, 4.69) is 27.0 Å². The maximum Gasteiger partial charge on any atom is 0.277 e. The largest absolute Gasteiger partial charge is 0.505 e. The Bertz CT molecular complexity index is 1220. The van der Waals surface area contributed by atoms with Gasteiger partial charge in [0, 0.05) is 18.8 Å². The van der Waals surface area contributed by atoms with E-state index in [1.54, 1.807) is 9.58 Å². The Kier molecular flexibility index (Phi) is 5.90. The van der Waals surface area contributed by atoms with Crippen LogP contribution in [0.1, 0.15) is 29.4 Å². The minimum Gasteiger partial charge on any atom is -0.505 e. The number of nitrogens with two attached hydrogens (primary N) is 1. The lowest BCUT2D eigenvalue weighted by Crippen LogP contribution is -2.40. The van der Waals surface area contributed by atoms with Crippen molar-refractivity contribution < 1.29 is 14.7 Å². The molecular weight excluding hydrogens is 457 g/mol. The fraction of sp³-hybridized carbons (Fsp3) is 0.250. The lowest BCUT2D eigenvalue weighted by molar-refractivity contribution is -0.127. The fourth-order valence-corrected chi connectivity index (χ4v) is 4.21. The second-order valence-corrected chi connectivity index (χ2v) is 8.09. The number of nitrogen functional groups attached to an aromatic ring is 1. The van der Waals surface area contributed by atoms with Gasteiger partial charge in [-0.1, -0.05) is 29.8 Å². The van der Waals surface area contributed by atoms with Crippen LogP contribution in [0.15, 0.2) is 31.1 Å². The van der Waals surface area contributed by atoms with E-state index in [4.69, 9.17) is 28.9 Å². The molecule has 4 rings (SSSR count). The molecule has 0 unspecified atom stereocenters. The second-order valence-electron chi connectivity index (χ2n) is 7.28. The quantitative estimate of drug-likeness (QED) is 0.389. The summed E-state index contributed by atoms with van der Waals surface area (Å²) < 4.78 is 1.61. The molecule has 3 heterocycles. The first-order chi connectivity index (χ1) is 15.3. The van der Waals surface area contributed by atoms with E-state index in [-0.39, 0.29) is 44.9 Å². The summed E-state index contributed by atoms with van der Waals surface area (Å²) in [5.74, 6) is -0.931. The molecule has 0 spiro atoms. The van der Waals surface area contributed by atoms with Crippen molar-refractivity contribution in [2.75, 3.05) is 24.1 Å². The van der Waals surface area contributed by atoms with Gasteiger partial charge in [0.1, 0.15) is 12.1 Å². The number of halogens is 2. The number of benzene rings is 1. The summed E-state index contributed by atoms with van der Waals surface area (Å²) in [5.41, 5.74) is 6.73. The van der Waals surface area contributed by atoms with Gasteiger partial charge in [-0.2, -0.15) is 5.10 Å². The molecule has 10 nitrogen and oxygen atoms in total. The van der Waals surface area contributed by atoms with Gasteiger partial charge in [-0.25, -0.2) is 14.6 Å². The molecule has 3 aromatic rings. The van der Waals surface area contributed by atoms with Gasteiger partial charge in [0.05, 0.1) is 21.5 Å². The van der Waals surface area contributed by atoms with E-state index in [9.17, 15) is 14.7 Å². The summed E-state index contributed by atoms with van der Waals surface area (Å²) in [5, 5.41) is 17.1. The lowest BCUT2D eigenvalue weighted by atomic mass is 10.1. The Labute approximate surface area is 192 Å². The van der Waals surface area contributed by atoms with Crippen LogP contribution in [0.25, 0.3) is 11.0 Å². The van der Waals surface area contributed by atoms with Crippen molar-refractivity contribution in [2.24, 2.45) is 0 Å². The number of phenols is 1. The summed E-state index contributed by atoms with van der Waals surface area (Å²) in [4.78, 5) is 35.1. The average molecular weight is 476 g/mol. The van der Waals surface area contributed by atoms with Gasteiger partial charge in [-0.05, 0) is 31.1 Å². The number of nitrogens with one attached hydrogen (secondary N) is 1.